The molecule has 0 spiro atoms. The molecule has 5 heterocycles. The third-order valence-corrected chi connectivity index (χ3v) is 29.6. The van der Waals surface area contributed by atoms with Gasteiger partial charge in [-0.25, -0.2) is 19.8 Å². The Bertz CT molecular complexity index is 10200. The molecular weight excluding hydrogens is 1770 g/mol. The standard InChI is InChI=1S/C50H32N4O.C45H27NO.C40H22N2O/c1-2-3-4-8-11-46-52-49(36-9-6-5-7-10-36)54-50(53-46)41-25-20-35-18-23-39-38(22-17-34-19-24-40(41)48(35)47(34)39)33-15-13-32(14-16-33)37-21-27-45-43(29-37)42-28-31(30-51)12-26-44(42)55-45;1-46-41-11-5-10-40-39-9-4-8-36(44(39)47-45(40)41)29-15-13-28(14-16-29)34-22-18-30-21-25-38-35(23-19-31-20-24-37(34)42(30)43(31)38)33-17-12-27-6-2-3-7-32(27)26-33;41-23-24-4-18-37-34(21-24)35-22-29(13-19-38(35)43-37)25-5-7-26(8-6-25)30-14-9-27-12-17-33-31(36-3-1-2-20-42-36)15-10-28-11-16-32(30)39(27)40(28)33/h2-16,18-29,34H,1,17H2;2-27,32H;1-22H/b4-3-,11-8+;;. The van der Waals surface area contributed by atoms with Gasteiger partial charge in [-0.2, -0.15) is 10.5 Å². The highest BCUT2D eigenvalue weighted by atomic mass is 16.3. The average molecular weight is 1850 g/mol. The lowest BCUT2D eigenvalue weighted by atomic mass is 9.74. The Morgan fingerprint density at radius 1 is 0.352 bits per heavy atom. The van der Waals surface area contributed by atoms with E-state index in [9.17, 15) is 10.5 Å². The number of pyridine rings is 1. The minimum absolute atomic E-state index is 0.288. The third kappa shape index (κ3) is 14.5. The van der Waals surface area contributed by atoms with Crippen molar-refractivity contribution in [2.24, 2.45) is 11.8 Å². The fourth-order valence-electron chi connectivity index (χ4n) is 22.6. The van der Waals surface area contributed by atoms with E-state index in [0.29, 0.717) is 51.7 Å². The molecule has 3 atom stereocenters. The molecule has 0 N–H and O–H groups in total. The van der Waals surface area contributed by atoms with Gasteiger partial charge in [0.2, 0.25) is 5.69 Å². The van der Waals surface area contributed by atoms with Gasteiger partial charge in [-0.1, -0.05) is 365 Å². The van der Waals surface area contributed by atoms with E-state index < -0.39 is 0 Å². The number of fused-ring (bicyclic) bond motifs is 10. The molecule has 10 heteroatoms. The summed E-state index contributed by atoms with van der Waals surface area (Å²) in [5.41, 5.74) is 30.7. The zero-order valence-electron chi connectivity index (χ0n) is 78.2. The molecule has 674 valence electrons. The average Bonchev–Trinajstić information content (AvgIpc) is 0.975. The molecule has 10 nitrogen and oxygen atoms in total. The summed E-state index contributed by atoms with van der Waals surface area (Å²) in [7, 11) is 0. The van der Waals surface area contributed by atoms with Crippen LogP contribution in [0.4, 0.5) is 5.69 Å². The smallest absolute Gasteiger partial charge is 0.229 e. The molecule has 0 bridgehead atoms. The van der Waals surface area contributed by atoms with Crippen LogP contribution in [0.25, 0.3) is 259 Å². The van der Waals surface area contributed by atoms with Crippen molar-refractivity contribution in [1.82, 2.24) is 19.9 Å². The van der Waals surface area contributed by atoms with Gasteiger partial charge in [-0.15, -0.1) is 0 Å². The van der Waals surface area contributed by atoms with E-state index in [2.05, 4.69) is 332 Å². The van der Waals surface area contributed by atoms with Gasteiger partial charge < -0.3 is 13.3 Å². The first-order valence-corrected chi connectivity index (χ1v) is 48.9. The molecule has 25 aromatic rings. The summed E-state index contributed by atoms with van der Waals surface area (Å²) >= 11 is 0. The van der Waals surface area contributed by atoms with E-state index in [4.69, 9.17) is 34.8 Å². The Kier molecular flexibility index (Phi) is 20.3. The summed E-state index contributed by atoms with van der Waals surface area (Å²) in [4.78, 5) is 23.2. The zero-order valence-corrected chi connectivity index (χ0v) is 78.2. The molecule has 0 aliphatic heterocycles. The van der Waals surface area contributed by atoms with E-state index in [0.717, 1.165) is 128 Å². The molecule has 5 aromatic heterocycles. The van der Waals surface area contributed by atoms with Crippen LogP contribution in [0.1, 0.15) is 57.1 Å². The first-order valence-electron chi connectivity index (χ1n) is 48.9. The van der Waals surface area contributed by atoms with Crippen LogP contribution in [0.3, 0.4) is 0 Å². The second kappa shape index (κ2) is 34.8. The Morgan fingerprint density at radius 2 is 0.848 bits per heavy atom. The highest BCUT2D eigenvalue weighted by molar-refractivity contribution is 6.29. The summed E-state index contributed by atoms with van der Waals surface area (Å²) in [6.07, 6.45) is 35.1. The van der Waals surface area contributed by atoms with Crippen LogP contribution in [0.5, 0.6) is 0 Å². The van der Waals surface area contributed by atoms with Gasteiger partial charge in [0, 0.05) is 78.5 Å². The van der Waals surface area contributed by atoms with Gasteiger partial charge >= 0.3 is 0 Å². The first kappa shape index (κ1) is 84.7. The maximum Gasteiger partial charge on any atom is 0.229 e. The third-order valence-electron chi connectivity index (χ3n) is 29.6. The fourth-order valence-corrected chi connectivity index (χ4v) is 22.6. The van der Waals surface area contributed by atoms with Gasteiger partial charge in [0.15, 0.2) is 17.5 Å². The summed E-state index contributed by atoms with van der Waals surface area (Å²) in [6, 6.07) is 128. The Morgan fingerprint density at radius 3 is 1.44 bits per heavy atom. The minimum Gasteiger partial charge on any atom is -0.466 e. The minimum atomic E-state index is 0.288. The predicted molar refractivity (Wildman–Crippen MR) is 597 cm³/mol. The number of hydrogen-bond acceptors (Lipinski definition) is 9. The van der Waals surface area contributed by atoms with Crippen molar-refractivity contribution in [3.05, 3.63) is 500 Å². The quantitative estimate of drug-likeness (QED) is 0.0626. The summed E-state index contributed by atoms with van der Waals surface area (Å²) < 4.78 is 18.4. The predicted octanol–water partition coefficient (Wildman–Crippen LogP) is 35.9. The summed E-state index contributed by atoms with van der Waals surface area (Å²) in [5.74, 6) is 3.02. The largest absolute Gasteiger partial charge is 0.466 e. The van der Waals surface area contributed by atoms with E-state index in [-0.39, 0.29) is 5.92 Å². The second-order valence-electron chi connectivity index (χ2n) is 37.6. The maximum atomic E-state index is 9.47. The number of hydrogen-bond donors (Lipinski definition) is 0. The summed E-state index contributed by atoms with van der Waals surface area (Å²) in [5, 5.41) is 42.6. The van der Waals surface area contributed by atoms with Crippen molar-refractivity contribution in [3.8, 4) is 102 Å². The van der Waals surface area contributed by atoms with Crippen molar-refractivity contribution in [2.45, 2.75) is 12.3 Å². The van der Waals surface area contributed by atoms with E-state index in [1.165, 1.54) is 131 Å². The van der Waals surface area contributed by atoms with Gasteiger partial charge in [0.1, 0.15) is 33.5 Å². The molecule has 145 heavy (non-hydrogen) atoms. The normalized spacial score (nSPS) is 14.6. The number of furan rings is 3. The zero-order chi connectivity index (χ0) is 96.4. The van der Waals surface area contributed by atoms with E-state index >= 15 is 0 Å². The molecule has 0 radical (unpaired) electrons. The van der Waals surface area contributed by atoms with Gasteiger partial charge in [0.25, 0.3) is 0 Å². The Balaban J connectivity index is 0.000000109. The number of allylic oxidation sites excluding steroid dienone is 14. The lowest BCUT2D eigenvalue weighted by molar-refractivity contribution is 0.663. The lowest BCUT2D eigenvalue weighted by Crippen LogP contribution is -2.11. The van der Waals surface area contributed by atoms with Crippen LogP contribution in [-0.4, -0.2) is 19.9 Å². The van der Waals surface area contributed by atoms with Gasteiger partial charge in [0.05, 0.1) is 35.5 Å². The van der Waals surface area contributed by atoms with Crippen molar-refractivity contribution in [1.29, 1.82) is 10.5 Å². The number of aromatic nitrogens is 4. The summed E-state index contributed by atoms with van der Waals surface area (Å²) in [6.45, 7) is 11.4. The molecule has 20 aromatic carbocycles. The van der Waals surface area contributed by atoms with Crippen LogP contribution < -0.4 is 0 Å². The number of para-hydroxylation sites is 2. The molecule has 0 saturated carbocycles. The number of nitriles is 2. The van der Waals surface area contributed by atoms with Crippen LogP contribution in [0.2, 0.25) is 0 Å². The molecule has 3 unspecified atom stereocenters. The topological polar surface area (TPSA) is 143 Å². The van der Waals surface area contributed by atoms with E-state index in [1.807, 2.05) is 128 Å². The Labute approximate surface area is 833 Å². The monoisotopic (exact) mass is 1850 g/mol. The van der Waals surface area contributed by atoms with Crippen LogP contribution >= 0.6 is 0 Å². The molecule has 0 saturated heterocycles. The molecule has 4 aliphatic carbocycles. The Hall–Kier alpha value is -19.6. The molecule has 29 rings (SSSR count). The van der Waals surface area contributed by atoms with E-state index in [1.54, 1.807) is 18.2 Å². The number of rotatable bonds is 13. The van der Waals surface area contributed by atoms with Crippen molar-refractivity contribution in [2.75, 3.05) is 0 Å². The molecule has 0 fully saturated rings. The van der Waals surface area contributed by atoms with Crippen molar-refractivity contribution >= 4 is 170 Å². The molecular formula is C135H81N7O3. The van der Waals surface area contributed by atoms with Crippen LogP contribution in [0, 0.1) is 41.1 Å². The second-order valence-corrected chi connectivity index (χ2v) is 37.6. The van der Waals surface area contributed by atoms with Gasteiger partial charge in [-0.3, -0.25) is 4.98 Å². The maximum absolute atomic E-state index is 9.47. The van der Waals surface area contributed by atoms with Crippen LogP contribution in [0.15, 0.2) is 457 Å². The highest BCUT2D eigenvalue weighted by Crippen LogP contribution is 2.52. The highest BCUT2D eigenvalue weighted by Gasteiger charge is 2.31. The van der Waals surface area contributed by atoms with Crippen LogP contribution in [-0.2, 0) is 0 Å². The van der Waals surface area contributed by atoms with Crippen molar-refractivity contribution in [3.63, 3.8) is 0 Å². The number of benzene rings is 20. The first-order chi connectivity index (χ1) is 71.6. The SMILES string of the molecule is C=C/C=C\C=C\c1nc(-c2ccccc2)nc(-c2ccc3ccc4c5c3c2C=CC5CC=C4c2ccc(-c3ccc4oc5ccc(C#N)cc5c4c3)cc2)n1.N#Cc1ccc2oc3ccc(-c4ccc(-c5ccc6ccc7c(-c8ccccn8)ccc8ccc5c6c87)cc4)cc3c2c1.[C-]#[N+]c1cccc2c1oc1c(-c3ccc(-c4ccc5ccc6c(C7=CC8C=CC=CC8C=C7)ccc7ccc4c5c76)cc3)cccc12. The van der Waals surface area contributed by atoms with Gasteiger partial charge in [-0.05, 0) is 256 Å². The number of nitrogens with zero attached hydrogens (tertiary/aromatic N) is 7. The molecule has 4 aliphatic rings. The lowest BCUT2D eigenvalue weighted by Gasteiger charge is -2.30. The van der Waals surface area contributed by atoms with Crippen molar-refractivity contribution < 1.29 is 13.3 Å². The fraction of sp³-hybridized carbons (Fsp3) is 0.0296. The molecule has 0 amide bonds.